The van der Waals surface area contributed by atoms with Crippen molar-refractivity contribution in [3.63, 3.8) is 0 Å². The zero-order chi connectivity index (χ0) is 12.8. The molecule has 3 N–H and O–H groups in total. The number of aromatic nitrogens is 2. The van der Waals surface area contributed by atoms with E-state index in [0.29, 0.717) is 12.5 Å². The summed E-state index contributed by atoms with van der Waals surface area (Å²) in [6, 6.07) is 1.54. The Bertz CT molecular complexity index is 400. The lowest BCUT2D eigenvalue weighted by Gasteiger charge is -2.25. The Balaban J connectivity index is 2.99. The van der Waals surface area contributed by atoms with Gasteiger partial charge < -0.3 is 15.6 Å². The highest BCUT2D eigenvalue weighted by Gasteiger charge is 2.10. The monoisotopic (exact) mass is 238 g/mol. The van der Waals surface area contributed by atoms with E-state index in [1.807, 2.05) is 6.92 Å². The van der Waals surface area contributed by atoms with E-state index >= 15 is 0 Å². The summed E-state index contributed by atoms with van der Waals surface area (Å²) in [5.41, 5.74) is 5.50. The highest BCUT2D eigenvalue weighted by molar-refractivity contribution is 5.37. The van der Waals surface area contributed by atoms with Gasteiger partial charge in [0.25, 0.3) is 5.56 Å². The van der Waals surface area contributed by atoms with E-state index in [0.717, 1.165) is 31.2 Å². The highest BCUT2D eigenvalue weighted by atomic mass is 16.1. The number of H-pyrrole nitrogens is 1. The van der Waals surface area contributed by atoms with E-state index in [-0.39, 0.29) is 5.56 Å². The molecule has 1 aromatic heterocycles. The molecule has 5 nitrogen and oxygen atoms in total. The lowest BCUT2D eigenvalue weighted by atomic mass is 10.2. The minimum atomic E-state index is -0.0994. The fourth-order valence-corrected chi connectivity index (χ4v) is 1.72. The number of nitrogens with one attached hydrogen (secondary N) is 1. The zero-order valence-corrected chi connectivity index (χ0v) is 10.9. The maximum absolute atomic E-state index is 11.5. The Morgan fingerprint density at radius 1 is 1.53 bits per heavy atom. The number of nitrogens with two attached hydrogens (primary N) is 1. The standard InChI is InChI=1S/C12H22N4O/c1-4-10-14-11(7-12(17)15-10)16(6-5-13)8-9(2)3/h7,9H,4-6,8,13H2,1-3H3,(H,14,15,17). The van der Waals surface area contributed by atoms with E-state index in [2.05, 4.69) is 28.7 Å². The third-order valence-electron chi connectivity index (χ3n) is 2.42. The summed E-state index contributed by atoms with van der Waals surface area (Å²) < 4.78 is 0. The molecule has 1 rings (SSSR count). The van der Waals surface area contributed by atoms with E-state index < -0.39 is 0 Å². The van der Waals surface area contributed by atoms with Crippen molar-refractivity contribution in [2.24, 2.45) is 11.7 Å². The summed E-state index contributed by atoms with van der Waals surface area (Å²) in [7, 11) is 0. The van der Waals surface area contributed by atoms with E-state index in [1.54, 1.807) is 0 Å². The van der Waals surface area contributed by atoms with Gasteiger partial charge in [0.15, 0.2) is 0 Å². The molecule has 0 radical (unpaired) electrons. The molecule has 5 heteroatoms. The molecule has 0 aliphatic carbocycles. The minimum absolute atomic E-state index is 0.0994. The second-order valence-electron chi connectivity index (χ2n) is 4.53. The van der Waals surface area contributed by atoms with Crippen molar-refractivity contribution >= 4 is 5.82 Å². The summed E-state index contributed by atoms with van der Waals surface area (Å²) in [6.45, 7) is 8.38. The van der Waals surface area contributed by atoms with Crippen LogP contribution in [0.1, 0.15) is 26.6 Å². The van der Waals surface area contributed by atoms with E-state index in [9.17, 15) is 4.79 Å². The number of aryl methyl sites for hydroxylation is 1. The lowest BCUT2D eigenvalue weighted by Crippen LogP contribution is -2.34. The molecule has 0 spiro atoms. The molecule has 0 fully saturated rings. The van der Waals surface area contributed by atoms with Crippen molar-refractivity contribution in [2.45, 2.75) is 27.2 Å². The molecular formula is C12H22N4O. The number of aromatic amines is 1. The van der Waals surface area contributed by atoms with Crippen LogP contribution in [-0.2, 0) is 6.42 Å². The van der Waals surface area contributed by atoms with Gasteiger partial charge in [-0.15, -0.1) is 0 Å². The van der Waals surface area contributed by atoms with Crippen LogP contribution in [0.5, 0.6) is 0 Å². The maximum atomic E-state index is 11.5. The van der Waals surface area contributed by atoms with Crippen LogP contribution in [0, 0.1) is 5.92 Å². The normalized spacial score (nSPS) is 10.9. The molecule has 1 heterocycles. The third-order valence-corrected chi connectivity index (χ3v) is 2.42. The van der Waals surface area contributed by atoms with Gasteiger partial charge in [-0.05, 0) is 5.92 Å². The molecule has 1 aromatic rings. The highest BCUT2D eigenvalue weighted by Crippen LogP contribution is 2.10. The van der Waals surface area contributed by atoms with Gasteiger partial charge in [0, 0.05) is 32.1 Å². The molecular weight excluding hydrogens is 216 g/mol. The van der Waals surface area contributed by atoms with Crippen LogP contribution in [0.4, 0.5) is 5.82 Å². The number of hydrogen-bond donors (Lipinski definition) is 2. The van der Waals surface area contributed by atoms with Crippen LogP contribution in [0.2, 0.25) is 0 Å². The molecule has 0 saturated carbocycles. The largest absolute Gasteiger partial charge is 0.355 e. The number of anilines is 1. The van der Waals surface area contributed by atoms with Crippen molar-refractivity contribution in [2.75, 3.05) is 24.5 Å². The van der Waals surface area contributed by atoms with Gasteiger partial charge in [0.1, 0.15) is 11.6 Å². The van der Waals surface area contributed by atoms with Gasteiger partial charge in [-0.2, -0.15) is 0 Å². The van der Waals surface area contributed by atoms with Gasteiger partial charge in [-0.25, -0.2) is 4.98 Å². The van der Waals surface area contributed by atoms with Gasteiger partial charge in [-0.3, -0.25) is 4.79 Å². The molecule has 0 aliphatic rings. The Labute approximate surface area is 102 Å². The Morgan fingerprint density at radius 2 is 2.24 bits per heavy atom. The Morgan fingerprint density at radius 3 is 2.76 bits per heavy atom. The predicted molar refractivity (Wildman–Crippen MR) is 70.3 cm³/mol. The van der Waals surface area contributed by atoms with E-state index in [4.69, 9.17) is 5.73 Å². The first kappa shape index (κ1) is 13.7. The summed E-state index contributed by atoms with van der Waals surface area (Å²) in [5, 5.41) is 0. The van der Waals surface area contributed by atoms with Crippen molar-refractivity contribution in [1.29, 1.82) is 0 Å². The molecule has 0 saturated heterocycles. The summed E-state index contributed by atoms with van der Waals surface area (Å²) in [5.74, 6) is 1.95. The fourth-order valence-electron chi connectivity index (χ4n) is 1.72. The number of nitrogens with zero attached hydrogens (tertiary/aromatic N) is 2. The molecule has 0 atom stereocenters. The molecule has 0 bridgehead atoms. The Hall–Kier alpha value is -1.36. The predicted octanol–water partition coefficient (Wildman–Crippen LogP) is 0.753. The van der Waals surface area contributed by atoms with Crippen LogP contribution >= 0.6 is 0 Å². The van der Waals surface area contributed by atoms with Gasteiger partial charge in [-0.1, -0.05) is 20.8 Å². The topological polar surface area (TPSA) is 75.0 Å². The van der Waals surface area contributed by atoms with Crippen LogP contribution in [0.3, 0.4) is 0 Å². The van der Waals surface area contributed by atoms with Gasteiger partial charge in [0.2, 0.25) is 0 Å². The van der Waals surface area contributed by atoms with Crippen molar-refractivity contribution < 1.29 is 0 Å². The first-order valence-corrected chi connectivity index (χ1v) is 6.12. The molecule has 17 heavy (non-hydrogen) atoms. The van der Waals surface area contributed by atoms with Crippen molar-refractivity contribution in [1.82, 2.24) is 9.97 Å². The number of hydrogen-bond acceptors (Lipinski definition) is 4. The van der Waals surface area contributed by atoms with Crippen LogP contribution < -0.4 is 16.2 Å². The van der Waals surface area contributed by atoms with Gasteiger partial charge in [0.05, 0.1) is 0 Å². The average molecular weight is 238 g/mol. The molecule has 96 valence electrons. The maximum Gasteiger partial charge on any atom is 0.252 e. The molecule has 0 unspecified atom stereocenters. The zero-order valence-electron chi connectivity index (χ0n) is 10.9. The summed E-state index contributed by atoms with van der Waals surface area (Å²) in [6.07, 6.45) is 0.723. The molecule has 0 aliphatic heterocycles. The Kier molecular flexibility index (Phi) is 5.15. The van der Waals surface area contributed by atoms with Gasteiger partial charge >= 0.3 is 0 Å². The minimum Gasteiger partial charge on any atom is -0.355 e. The van der Waals surface area contributed by atoms with Crippen LogP contribution in [-0.4, -0.2) is 29.6 Å². The van der Waals surface area contributed by atoms with E-state index in [1.165, 1.54) is 6.07 Å². The first-order valence-electron chi connectivity index (χ1n) is 6.12. The lowest BCUT2D eigenvalue weighted by molar-refractivity contribution is 0.605. The number of rotatable bonds is 6. The van der Waals surface area contributed by atoms with Crippen LogP contribution in [0.25, 0.3) is 0 Å². The SMILES string of the molecule is CCc1nc(N(CCN)CC(C)C)cc(=O)[nH]1. The summed E-state index contributed by atoms with van der Waals surface area (Å²) in [4.78, 5) is 20.7. The van der Waals surface area contributed by atoms with Crippen LogP contribution in [0.15, 0.2) is 10.9 Å². The van der Waals surface area contributed by atoms with Crippen molar-refractivity contribution in [3.8, 4) is 0 Å². The van der Waals surface area contributed by atoms with Crippen molar-refractivity contribution in [3.05, 3.63) is 22.2 Å². The second-order valence-corrected chi connectivity index (χ2v) is 4.53. The molecule has 0 aromatic carbocycles. The second kappa shape index (κ2) is 6.39. The fraction of sp³-hybridized carbons (Fsp3) is 0.667. The third kappa shape index (κ3) is 4.19. The smallest absolute Gasteiger partial charge is 0.252 e. The quantitative estimate of drug-likeness (QED) is 0.767. The summed E-state index contributed by atoms with van der Waals surface area (Å²) >= 11 is 0. The molecule has 0 amide bonds. The average Bonchev–Trinajstić information content (AvgIpc) is 2.27. The first-order chi connectivity index (χ1) is 8.06.